The Morgan fingerprint density at radius 2 is 0.667 bits per heavy atom. The van der Waals surface area contributed by atoms with Gasteiger partial charge in [-0.15, -0.1) is 22.7 Å². The number of nitrogens with zero attached hydrogens (tertiary/aromatic N) is 3. The fraction of sp³-hybridized carbons (Fsp3) is 0. The molecule has 13 aromatic rings. The molecule has 0 saturated heterocycles. The van der Waals surface area contributed by atoms with E-state index in [4.69, 9.17) is 15.0 Å². The highest BCUT2D eigenvalue weighted by Crippen LogP contribution is 2.47. The molecule has 0 amide bonds. The van der Waals surface area contributed by atoms with E-state index >= 15 is 0 Å². The molecule has 0 bridgehead atoms. The summed E-state index contributed by atoms with van der Waals surface area (Å²) in [5, 5.41) is 7.24. The molecule has 0 radical (unpaired) electrons. The average Bonchev–Trinajstić information content (AvgIpc) is 3.97. The van der Waals surface area contributed by atoms with E-state index in [9.17, 15) is 0 Å². The van der Waals surface area contributed by atoms with Gasteiger partial charge in [0.1, 0.15) is 0 Å². The zero-order valence-electron chi connectivity index (χ0n) is 35.5. The number of hydrogen-bond donors (Lipinski definition) is 0. The molecule has 0 atom stereocenters. The number of thiophene rings is 2. The smallest absolute Gasteiger partial charge is 0.165 e. The molecular weight excluding hydrogens is 839 g/mol. The van der Waals surface area contributed by atoms with E-state index in [-0.39, 0.29) is 0 Å². The molecule has 3 nitrogen and oxygen atoms in total. The van der Waals surface area contributed by atoms with Crippen LogP contribution in [0.25, 0.3) is 130 Å². The van der Waals surface area contributed by atoms with Crippen LogP contribution in [0.4, 0.5) is 0 Å². The van der Waals surface area contributed by atoms with Gasteiger partial charge in [0.25, 0.3) is 0 Å². The summed E-state index contributed by atoms with van der Waals surface area (Å²) in [7, 11) is 0. The van der Waals surface area contributed by atoms with Crippen LogP contribution in [0, 0.1) is 0 Å². The summed E-state index contributed by atoms with van der Waals surface area (Å²) in [4.78, 5) is 16.7. The van der Waals surface area contributed by atoms with Crippen molar-refractivity contribution in [3.63, 3.8) is 0 Å². The number of rotatable bonds is 7. The fourth-order valence-corrected chi connectivity index (χ4v) is 12.1. The molecule has 0 aliphatic heterocycles. The van der Waals surface area contributed by atoms with Crippen LogP contribution in [0.15, 0.2) is 224 Å². The second-order valence-electron chi connectivity index (χ2n) is 16.6. The lowest BCUT2D eigenvalue weighted by Gasteiger charge is -2.20. The number of benzene rings is 10. The molecule has 0 spiro atoms. The first kappa shape index (κ1) is 38.4. The molecule has 10 aromatic carbocycles. The third-order valence-corrected chi connectivity index (χ3v) is 15.2. The molecule has 3 aromatic heterocycles. The topological polar surface area (TPSA) is 38.7 Å². The van der Waals surface area contributed by atoms with Gasteiger partial charge in [-0.1, -0.05) is 188 Å². The Balaban J connectivity index is 1.15. The van der Waals surface area contributed by atoms with Crippen molar-refractivity contribution in [1.82, 2.24) is 15.0 Å². The van der Waals surface area contributed by atoms with Crippen molar-refractivity contribution < 1.29 is 0 Å². The molecule has 5 heteroatoms. The third kappa shape index (κ3) is 6.51. The van der Waals surface area contributed by atoms with E-state index in [1.165, 1.54) is 47.3 Å². The van der Waals surface area contributed by atoms with E-state index in [1.807, 2.05) is 0 Å². The van der Waals surface area contributed by atoms with Crippen molar-refractivity contribution in [3.8, 4) is 78.7 Å². The molecule has 0 aliphatic carbocycles. The summed E-state index contributed by atoms with van der Waals surface area (Å²) in [5.41, 5.74) is 11.8. The molecule has 13 rings (SSSR count). The average molecular weight is 876 g/mol. The first-order valence-corrected chi connectivity index (χ1v) is 23.8. The molecule has 0 fully saturated rings. The molecule has 66 heavy (non-hydrogen) atoms. The Morgan fingerprint density at radius 1 is 0.258 bits per heavy atom. The van der Waals surface area contributed by atoms with E-state index < -0.39 is 0 Å². The second-order valence-corrected chi connectivity index (χ2v) is 18.8. The number of fused-ring (bicyclic) bond motifs is 7. The van der Waals surface area contributed by atoms with Crippen LogP contribution >= 0.6 is 22.7 Å². The molecule has 308 valence electrons. The zero-order valence-corrected chi connectivity index (χ0v) is 37.2. The van der Waals surface area contributed by atoms with Gasteiger partial charge in [0.05, 0.1) is 0 Å². The first-order chi connectivity index (χ1) is 32.7. The minimum absolute atomic E-state index is 0.618. The quantitative estimate of drug-likeness (QED) is 0.160. The van der Waals surface area contributed by atoms with E-state index in [0.29, 0.717) is 17.5 Å². The van der Waals surface area contributed by atoms with Crippen molar-refractivity contribution in [3.05, 3.63) is 224 Å². The molecule has 0 saturated carbocycles. The van der Waals surface area contributed by atoms with Crippen molar-refractivity contribution in [1.29, 1.82) is 0 Å². The molecule has 0 aliphatic rings. The van der Waals surface area contributed by atoms with Gasteiger partial charge in [-0.3, -0.25) is 0 Å². The van der Waals surface area contributed by atoms with E-state index in [1.54, 1.807) is 22.7 Å². The standard InChI is InChI=1S/C61H37N3S2/c1-3-16-38(17-4-1)40-32-34-42(35-33-40)56-52(45-25-13-21-41-20-7-8-22-44(41)45)36-43(39-18-5-2-6-19-39)37-53(56)61-63-59(50-28-14-26-48-46-23-9-11-30-54(46)65-57(48)50)62-60(64-61)51-29-15-27-49-47-24-10-12-31-55(47)66-58(49)51/h1-37H. The van der Waals surface area contributed by atoms with Crippen LogP contribution in [-0.2, 0) is 0 Å². The molecule has 3 heterocycles. The maximum absolute atomic E-state index is 5.61. The summed E-state index contributed by atoms with van der Waals surface area (Å²) < 4.78 is 4.79. The highest BCUT2D eigenvalue weighted by molar-refractivity contribution is 7.26. The Kier molecular flexibility index (Phi) is 9.22. The summed E-state index contributed by atoms with van der Waals surface area (Å²) in [5.74, 6) is 1.91. The predicted molar refractivity (Wildman–Crippen MR) is 281 cm³/mol. The Bertz CT molecular complexity index is 3850. The number of hydrogen-bond acceptors (Lipinski definition) is 5. The van der Waals surface area contributed by atoms with Crippen molar-refractivity contribution in [2.75, 3.05) is 0 Å². The van der Waals surface area contributed by atoms with Gasteiger partial charge in [-0.25, -0.2) is 15.0 Å². The van der Waals surface area contributed by atoms with Crippen LogP contribution in [0.1, 0.15) is 0 Å². The minimum atomic E-state index is 0.618. The van der Waals surface area contributed by atoms with E-state index in [0.717, 1.165) is 65.0 Å². The van der Waals surface area contributed by atoms with Gasteiger partial charge >= 0.3 is 0 Å². The Morgan fingerprint density at radius 3 is 1.27 bits per heavy atom. The summed E-state index contributed by atoms with van der Waals surface area (Å²) in [6.07, 6.45) is 0. The van der Waals surface area contributed by atoms with Gasteiger partial charge in [0.15, 0.2) is 17.5 Å². The van der Waals surface area contributed by atoms with Crippen molar-refractivity contribution >= 4 is 73.8 Å². The summed E-state index contributed by atoms with van der Waals surface area (Å²) in [6, 6.07) is 80.6. The normalized spacial score (nSPS) is 11.6. The van der Waals surface area contributed by atoms with Crippen LogP contribution in [0.2, 0.25) is 0 Å². The van der Waals surface area contributed by atoms with Crippen LogP contribution in [0.5, 0.6) is 0 Å². The number of aromatic nitrogens is 3. The summed E-state index contributed by atoms with van der Waals surface area (Å²) >= 11 is 3.59. The third-order valence-electron chi connectivity index (χ3n) is 12.8. The largest absolute Gasteiger partial charge is 0.208 e. The SMILES string of the molecule is c1ccc(-c2ccc(-c3c(-c4nc(-c5cccc6c5sc5ccccc56)nc(-c5cccc6c5sc5ccccc56)n4)cc(-c4ccccc4)cc3-c3cccc4ccccc34)cc2)cc1. The van der Waals surface area contributed by atoms with Gasteiger partial charge in [-0.05, 0) is 86.1 Å². The predicted octanol–water partition coefficient (Wildman–Crippen LogP) is 17.4. The van der Waals surface area contributed by atoms with Crippen LogP contribution in [-0.4, -0.2) is 15.0 Å². The molecule has 0 unspecified atom stereocenters. The van der Waals surface area contributed by atoms with Gasteiger partial charge in [0.2, 0.25) is 0 Å². The first-order valence-electron chi connectivity index (χ1n) is 22.2. The molecular formula is C61H37N3S2. The van der Waals surface area contributed by atoms with Crippen LogP contribution < -0.4 is 0 Å². The lowest BCUT2D eigenvalue weighted by Crippen LogP contribution is -2.02. The van der Waals surface area contributed by atoms with Gasteiger partial charge in [0, 0.05) is 62.6 Å². The van der Waals surface area contributed by atoms with E-state index in [2.05, 4.69) is 224 Å². The summed E-state index contributed by atoms with van der Waals surface area (Å²) in [6.45, 7) is 0. The monoisotopic (exact) mass is 875 g/mol. The lowest BCUT2D eigenvalue weighted by atomic mass is 9.85. The Labute approximate surface area is 389 Å². The second kappa shape index (κ2) is 15.9. The highest BCUT2D eigenvalue weighted by atomic mass is 32.1. The van der Waals surface area contributed by atoms with Gasteiger partial charge in [-0.2, -0.15) is 0 Å². The zero-order chi connectivity index (χ0) is 43.6. The minimum Gasteiger partial charge on any atom is -0.208 e. The maximum Gasteiger partial charge on any atom is 0.165 e. The van der Waals surface area contributed by atoms with Crippen LogP contribution in [0.3, 0.4) is 0 Å². The van der Waals surface area contributed by atoms with Gasteiger partial charge < -0.3 is 0 Å². The van der Waals surface area contributed by atoms with Crippen molar-refractivity contribution in [2.45, 2.75) is 0 Å². The fourth-order valence-electron chi connectivity index (χ4n) is 9.64. The highest BCUT2D eigenvalue weighted by Gasteiger charge is 2.24. The lowest BCUT2D eigenvalue weighted by molar-refractivity contribution is 1.08. The maximum atomic E-state index is 5.61. The molecule has 0 N–H and O–H groups in total. The Hall–Kier alpha value is -8.09. The van der Waals surface area contributed by atoms with Crippen molar-refractivity contribution in [2.24, 2.45) is 0 Å².